The van der Waals surface area contributed by atoms with Gasteiger partial charge in [-0.15, -0.1) is 0 Å². The van der Waals surface area contributed by atoms with Gasteiger partial charge in [-0.1, -0.05) is 18.2 Å². The third-order valence-corrected chi connectivity index (χ3v) is 2.21. The number of benzene rings is 1. The zero-order valence-corrected chi connectivity index (χ0v) is 7.88. The Morgan fingerprint density at radius 3 is 2.67 bits per heavy atom. The number of nitrogens with one attached hydrogen (secondary N) is 1. The summed E-state index contributed by atoms with van der Waals surface area (Å²) in [4.78, 5) is 0. The number of aromatic hydroxyl groups is 1. The Hall–Kier alpha value is -0.670. The van der Waals surface area contributed by atoms with Gasteiger partial charge in [0.2, 0.25) is 0 Å². The Labute approximate surface area is 78.0 Å². The molecule has 3 heteroatoms. The third-order valence-electron chi connectivity index (χ3n) is 1.84. The largest absolute Gasteiger partial charge is 0.508 e. The van der Waals surface area contributed by atoms with E-state index in [0.717, 1.165) is 5.56 Å². The van der Waals surface area contributed by atoms with E-state index in [1.54, 1.807) is 6.07 Å². The maximum Gasteiger partial charge on any atom is 0.120 e. The highest BCUT2D eigenvalue weighted by Crippen LogP contribution is 2.23. The minimum atomic E-state index is 0.120. The van der Waals surface area contributed by atoms with E-state index < -0.39 is 0 Å². The molecule has 0 aliphatic carbocycles. The Balaban J connectivity index is 2.92. The van der Waals surface area contributed by atoms with Crippen molar-refractivity contribution in [3.8, 4) is 5.75 Å². The summed E-state index contributed by atoms with van der Waals surface area (Å²) in [5.74, 6) is 1.000. The van der Waals surface area contributed by atoms with E-state index >= 15 is 0 Å². The number of rotatable bonds is 3. The van der Waals surface area contributed by atoms with Crippen molar-refractivity contribution in [3.05, 3.63) is 29.8 Å². The molecule has 0 heterocycles. The molecule has 66 valence electrons. The van der Waals surface area contributed by atoms with Crippen molar-refractivity contribution in [2.24, 2.45) is 0 Å². The minimum Gasteiger partial charge on any atom is -0.508 e. The average Bonchev–Trinajstić information content (AvgIpc) is 2.10. The second-order valence-corrected chi connectivity index (χ2v) is 2.95. The fraction of sp³-hybridized carbons (Fsp3) is 0.333. The molecule has 1 atom stereocenters. The number of para-hydroxylation sites is 1. The summed E-state index contributed by atoms with van der Waals surface area (Å²) in [7, 11) is 1.85. The van der Waals surface area contributed by atoms with Gasteiger partial charge in [-0.3, -0.25) is 0 Å². The number of thiol groups is 1. The Kier molecular flexibility index (Phi) is 3.44. The summed E-state index contributed by atoms with van der Waals surface area (Å²) in [6.07, 6.45) is 0. The summed E-state index contributed by atoms with van der Waals surface area (Å²) in [5, 5.41) is 12.5. The fourth-order valence-electron chi connectivity index (χ4n) is 1.13. The first kappa shape index (κ1) is 9.42. The van der Waals surface area contributed by atoms with Gasteiger partial charge in [0.05, 0.1) is 0 Å². The smallest absolute Gasteiger partial charge is 0.120 e. The first-order valence-electron chi connectivity index (χ1n) is 3.85. The van der Waals surface area contributed by atoms with Crippen molar-refractivity contribution < 1.29 is 5.11 Å². The van der Waals surface area contributed by atoms with Gasteiger partial charge in [0, 0.05) is 17.4 Å². The van der Waals surface area contributed by atoms with Crippen LogP contribution in [-0.2, 0) is 0 Å². The average molecular weight is 183 g/mol. The second-order valence-electron chi connectivity index (χ2n) is 2.58. The molecule has 1 aromatic carbocycles. The molecule has 0 aliphatic rings. The number of phenolic OH excluding ortho intramolecular Hbond substituents is 1. The van der Waals surface area contributed by atoms with E-state index in [2.05, 4.69) is 17.9 Å². The van der Waals surface area contributed by atoms with Crippen LogP contribution in [0.5, 0.6) is 5.75 Å². The highest BCUT2D eigenvalue weighted by Gasteiger charge is 2.09. The molecule has 0 fully saturated rings. The zero-order chi connectivity index (χ0) is 8.97. The molecule has 1 rings (SSSR count). The van der Waals surface area contributed by atoms with Gasteiger partial charge in [-0.25, -0.2) is 0 Å². The molecule has 0 amide bonds. The molecule has 0 unspecified atom stereocenters. The van der Waals surface area contributed by atoms with Crippen LogP contribution in [0, 0.1) is 0 Å². The van der Waals surface area contributed by atoms with Crippen molar-refractivity contribution in [1.29, 1.82) is 0 Å². The highest BCUT2D eigenvalue weighted by molar-refractivity contribution is 7.80. The Morgan fingerprint density at radius 2 is 2.17 bits per heavy atom. The molecule has 2 nitrogen and oxygen atoms in total. The first-order chi connectivity index (χ1) is 5.79. The van der Waals surface area contributed by atoms with E-state index in [1.165, 1.54) is 0 Å². The lowest BCUT2D eigenvalue weighted by Crippen LogP contribution is -2.17. The lowest BCUT2D eigenvalue weighted by molar-refractivity contribution is 0.459. The molecule has 2 N–H and O–H groups in total. The van der Waals surface area contributed by atoms with Crippen molar-refractivity contribution in [2.45, 2.75) is 6.04 Å². The van der Waals surface area contributed by atoms with Gasteiger partial charge < -0.3 is 10.4 Å². The summed E-state index contributed by atoms with van der Waals surface area (Å²) in [6, 6.07) is 7.41. The molecule has 0 radical (unpaired) electrons. The van der Waals surface area contributed by atoms with Crippen LogP contribution in [0.4, 0.5) is 0 Å². The standard InChI is InChI=1S/C9H13NOS/c1-10-8(6-12)7-4-2-3-5-9(7)11/h2-5,8,10-12H,6H2,1H3/t8-/m0/s1. The Bertz CT molecular complexity index is 248. The van der Waals surface area contributed by atoms with Crippen LogP contribution in [0.25, 0.3) is 0 Å². The maximum atomic E-state index is 9.47. The topological polar surface area (TPSA) is 32.3 Å². The lowest BCUT2D eigenvalue weighted by Gasteiger charge is -2.14. The van der Waals surface area contributed by atoms with Crippen LogP contribution in [-0.4, -0.2) is 17.9 Å². The van der Waals surface area contributed by atoms with E-state index in [0.29, 0.717) is 11.5 Å². The first-order valence-corrected chi connectivity index (χ1v) is 4.49. The van der Waals surface area contributed by atoms with E-state index in [4.69, 9.17) is 0 Å². The van der Waals surface area contributed by atoms with Crippen LogP contribution in [0.1, 0.15) is 11.6 Å². The van der Waals surface area contributed by atoms with Gasteiger partial charge in [0.15, 0.2) is 0 Å². The highest BCUT2D eigenvalue weighted by atomic mass is 32.1. The number of hydrogen-bond acceptors (Lipinski definition) is 3. The molecule has 0 aliphatic heterocycles. The Morgan fingerprint density at radius 1 is 1.50 bits per heavy atom. The van der Waals surface area contributed by atoms with Gasteiger partial charge in [-0.05, 0) is 13.1 Å². The second kappa shape index (κ2) is 4.38. The molecular formula is C9H13NOS. The van der Waals surface area contributed by atoms with Crippen molar-refractivity contribution >= 4 is 12.6 Å². The van der Waals surface area contributed by atoms with Crippen molar-refractivity contribution in [3.63, 3.8) is 0 Å². The molecule has 0 saturated heterocycles. The molecule has 1 aromatic rings. The predicted octanol–water partition coefficient (Wildman–Crippen LogP) is 1.58. The molecular weight excluding hydrogens is 170 g/mol. The molecule has 0 bridgehead atoms. The lowest BCUT2D eigenvalue weighted by atomic mass is 10.1. The normalized spacial score (nSPS) is 12.8. The quantitative estimate of drug-likeness (QED) is 0.622. The third kappa shape index (κ3) is 1.93. The van der Waals surface area contributed by atoms with Crippen LogP contribution < -0.4 is 5.32 Å². The van der Waals surface area contributed by atoms with Gasteiger partial charge >= 0.3 is 0 Å². The SMILES string of the molecule is CN[C@@H](CS)c1ccccc1O. The van der Waals surface area contributed by atoms with Crippen LogP contribution in [0.3, 0.4) is 0 Å². The summed E-state index contributed by atoms with van der Waals surface area (Å²) in [6.45, 7) is 0. The van der Waals surface area contributed by atoms with Crippen molar-refractivity contribution in [1.82, 2.24) is 5.32 Å². The van der Waals surface area contributed by atoms with Gasteiger partial charge in [-0.2, -0.15) is 12.6 Å². The molecule has 0 spiro atoms. The zero-order valence-electron chi connectivity index (χ0n) is 6.99. The molecule has 0 aromatic heterocycles. The molecule has 0 saturated carbocycles. The number of hydrogen-bond donors (Lipinski definition) is 3. The van der Waals surface area contributed by atoms with Crippen LogP contribution in [0.2, 0.25) is 0 Å². The van der Waals surface area contributed by atoms with Crippen LogP contribution in [0.15, 0.2) is 24.3 Å². The summed E-state index contributed by atoms with van der Waals surface area (Å²) >= 11 is 4.18. The van der Waals surface area contributed by atoms with E-state index in [9.17, 15) is 5.11 Å². The van der Waals surface area contributed by atoms with Crippen molar-refractivity contribution in [2.75, 3.05) is 12.8 Å². The van der Waals surface area contributed by atoms with Crippen LogP contribution >= 0.6 is 12.6 Å². The molecule has 12 heavy (non-hydrogen) atoms. The number of phenols is 1. The predicted molar refractivity (Wildman–Crippen MR) is 53.8 cm³/mol. The van der Waals surface area contributed by atoms with Gasteiger partial charge in [0.25, 0.3) is 0 Å². The maximum absolute atomic E-state index is 9.47. The summed E-state index contributed by atoms with van der Waals surface area (Å²) in [5.41, 5.74) is 0.898. The fourth-order valence-corrected chi connectivity index (χ4v) is 1.51. The van der Waals surface area contributed by atoms with Gasteiger partial charge in [0.1, 0.15) is 5.75 Å². The van der Waals surface area contributed by atoms with E-state index in [-0.39, 0.29) is 6.04 Å². The minimum absolute atomic E-state index is 0.120. The van der Waals surface area contributed by atoms with E-state index in [1.807, 2.05) is 25.2 Å². The summed E-state index contributed by atoms with van der Waals surface area (Å²) < 4.78 is 0. The monoisotopic (exact) mass is 183 g/mol.